The normalized spacial score (nSPS) is 10.2. The molecule has 1 rings (SSSR count). The summed E-state index contributed by atoms with van der Waals surface area (Å²) in [6, 6.07) is 7.09. The maximum Gasteiger partial charge on any atom is 0.239 e. The van der Waals surface area contributed by atoms with Gasteiger partial charge >= 0.3 is 0 Å². The SMILES string of the molecule is CC(=O)c1ccc(NCC(=O)NCC(C)C)cc1. The molecule has 1 aromatic rings. The van der Waals surface area contributed by atoms with Crippen molar-refractivity contribution in [2.45, 2.75) is 20.8 Å². The summed E-state index contributed by atoms with van der Waals surface area (Å²) in [4.78, 5) is 22.6. The number of carbonyl (C=O) groups excluding carboxylic acids is 2. The number of rotatable bonds is 6. The Hall–Kier alpha value is -1.84. The first-order valence-corrected chi connectivity index (χ1v) is 6.10. The lowest BCUT2D eigenvalue weighted by molar-refractivity contribution is -0.119. The Morgan fingerprint density at radius 1 is 1.17 bits per heavy atom. The van der Waals surface area contributed by atoms with Crippen LogP contribution in [0.3, 0.4) is 0 Å². The second-order valence-electron chi connectivity index (χ2n) is 4.69. The van der Waals surface area contributed by atoms with Gasteiger partial charge in [0.1, 0.15) is 0 Å². The van der Waals surface area contributed by atoms with E-state index in [-0.39, 0.29) is 18.2 Å². The summed E-state index contributed by atoms with van der Waals surface area (Å²) in [5.74, 6) is 0.458. The monoisotopic (exact) mass is 248 g/mol. The van der Waals surface area contributed by atoms with Crippen LogP contribution >= 0.6 is 0 Å². The average molecular weight is 248 g/mol. The molecule has 98 valence electrons. The molecule has 1 amide bonds. The summed E-state index contributed by atoms with van der Waals surface area (Å²) in [5.41, 5.74) is 1.50. The Labute approximate surface area is 108 Å². The van der Waals surface area contributed by atoms with Crippen molar-refractivity contribution in [2.24, 2.45) is 5.92 Å². The number of nitrogens with one attached hydrogen (secondary N) is 2. The fraction of sp³-hybridized carbons (Fsp3) is 0.429. The van der Waals surface area contributed by atoms with Gasteiger partial charge in [-0.25, -0.2) is 0 Å². The second-order valence-corrected chi connectivity index (χ2v) is 4.69. The van der Waals surface area contributed by atoms with Crippen LogP contribution in [0.15, 0.2) is 24.3 Å². The standard InChI is InChI=1S/C14H20N2O2/c1-10(2)8-16-14(18)9-15-13-6-4-12(5-7-13)11(3)17/h4-7,10,15H,8-9H2,1-3H3,(H,16,18). The topological polar surface area (TPSA) is 58.2 Å². The van der Waals surface area contributed by atoms with Gasteiger partial charge in [-0.1, -0.05) is 13.8 Å². The summed E-state index contributed by atoms with van der Waals surface area (Å²) < 4.78 is 0. The summed E-state index contributed by atoms with van der Waals surface area (Å²) in [6.07, 6.45) is 0. The molecule has 0 heterocycles. The van der Waals surface area contributed by atoms with Crippen molar-refractivity contribution >= 4 is 17.4 Å². The van der Waals surface area contributed by atoms with E-state index in [1.807, 2.05) is 13.8 Å². The average Bonchev–Trinajstić information content (AvgIpc) is 2.34. The lowest BCUT2D eigenvalue weighted by Crippen LogP contribution is -2.32. The Morgan fingerprint density at radius 3 is 2.28 bits per heavy atom. The van der Waals surface area contributed by atoms with Gasteiger partial charge in [0.15, 0.2) is 5.78 Å². The molecule has 0 spiro atoms. The molecule has 18 heavy (non-hydrogen) atoms. The van der Waals surface area contributed by atoms with Crippen molar-refractivity contribution in [1.29, 1.82) is 0 Å². The van der Waals surface area contributed by atoms with Crippen molar-refractivity contribution in [1.82, 2.24) is 5.32 Å². The maximum atomic E-state index is 11.5. The van der Waals surface area contributed by atoms with E-state index in [0.29, 0.717) is 18.0 Å². The molecule has 1 aromatic carbocycles. The molecule has 0 radical (unpaired) electrons. The predicted octanol–water partition coefficient (Wildman–Crippen LogP) is 2.07. The smallest absolute Gasteiger partial charge is 0.239 e. The lowest BCUT2D eigenvalue weighted by Gasteiger charge is -2.09. The molecular weight excluding hydrogens is 228 g/mol. The van der Waals surface area contributed by atoms with E-state index >= 15 is 0 Å². The van der Waals surface area contributed by atoms with E-state index < -0.39 is 0 Å². The minimum absolute atomic E-state index is 0.0284. The van der Waals surface area contributed by atoms with Crippen molar-refractivity contribution in [3.63, 3.8) is 0 Å². The number of Topliss-reactive ketones (excluding diaryl/α,β-unsaturated/α-hetero) is 1. The Kier molecular flexibility index (Phi) is 5.36. The fourth-order valence-electron chi connectivity index (χ4n) is 1.39. The van der Waals surface area contributed by atoms with E-state index in [4.69, 9.17) is 0 Å². The molecule has 0 aromatic heterocycles. The predicted molar refractivity (Wildman–Crippen MR) is 72.8 cm³/mol. The highest BCUT2D eigenvalue weighted by atomic mass is 16.2. The van der Waals surface area contributed by atoms with Crippen LogP contribution in [0.25, 0.3) is 0 Å². The molecule has 4 nitrogen and oxygen atoms in total. The summed E-state index contributed by atoms with van der Waals surface area (Å²) in [6.45, 7) is 6.56. The third kappa shape index (κ3) is 4.99. The number of anilines is 1. The highest BCUT2D eigenvalue weighted by Gasteiger charge is 2.03. The molecule has 0 unspecified atom stereocenters. The van der Waals surface area contributed by atoms with Gasteiger partial charge < -0.3 is 10.6 Å². The second kappa shape index (κ2) is 6.79. The third-order valence-corrected chi connectivity index (χ3v) is 2.45. The van der Waals surface area contributed by atoms with Gasteiger partial charge in [0.05, 0.1) is 6.54 Å². The molecule has 0 aliphatic carbocycles. The van der Waals surface area contributed by atoms with Crippen LogP contribution in [0.4, 0.5) is 5.69 Å². The van der Waals surface area contributed by atoms with Crippen LogP contribution in [0.2, 0.25) is 0 Å². The van der Waals surface area contributed by atoms with Crippen molar-refractivity contribution in [3.8, 4) is 0 Å². The molecule has 2 N–H and O–H groups in total. The molecule has 0 saturated carbocycles. The lowest BCUT2D eigenvalue weighted by atomic mass is 10.1. The van der Waals surface area contributed by atoms with Crippen molar-refractivity contribution in [3.05, 3.63) is 29.8 Å². The van der Waals surface area contributed by atoms with Gasteiger partial charge in [0, 0.05) is 17.8 Å². The number of carbonyl (C=O) groups is 2. The summed E-state index contributed by atoms with van der Waals surface area (Å²) in [7, 11) is 0. The largest absolute Gasteiger partial charge is 0.376 e. The molecule has 0 atom stereocenters. The highest BCUT2D eigenvalue weighted by Crippen LogP contribution is 2.09. The van der Waals surface area contributed by atoms with E-state index in [1.54, 1.807) is 24.3 Å². The number of amides is 1. The van der Waals surface area contributed by atoms with Crippen molar-refractivity contribution in [2.75, 3.05) is 18.4 Å². The van der Waals surface area contributed by atoms with Crippen LogP contribution in [0.5, 0.6) is 0 Å². The maximum absolute atomic E-state index is 11.5. The van der Waals surface area contributed by atoms with Gasteiger partial charge in [-0.15, -0.1) is 0 Å². The first-order chi connectivity index (χ1) is 8.49. The fourth-order valence-corrected chi connectivity index (χ4v) is 1.39. The zero-order chi connectivity index (χ0) is 13.5. The zero-order valence-electron chi connectivity index (χ0n) is 11.1. The van der Waals surface area contributed by atoms with E-state index in [1.165, 1.54) is 6.92 Å². The molecular formula is C14H20N2O2. The van der Waals surface area contributed by atoms with Gasteiger partial charge in [0.25, 0.3) is 0 Å². The molecule has 0 aliphatic heterocycles. The molecule has 4 heteroatoms. The minimum atomic E-state index is -0.0284. The van der Waals surface area contributed by atoms with Gasteiger partial charge in [-0.2, -0.15) is 0 Å². The van der Waals surface area contributed by atoms with Gasteiger partial charge in [-0.3, -0.25) is 9.59 Å². The van der Waals surface area contributed by atoms with Crippen molar-refractivity contribution < 1.29 is 9.59 Å². The number of hydrogen-bond donors (Lipinski definition) is 2. The number of ketones is 1. The van der Waals surface area contributed by atoms with E-state index in [2.05, 4.69) is 10.6 Å². The number of benzene rings is 1. The van der Waals surface area contributed by atoms with Gasteiger partial charge in [0.2, 0.25) is 5.91 Å². The first-order valence-electron chi connectivity index (χ1n) is 6.10. The molecule has 0 saturated heterocycles. The zero-order valence-corrected chi connectivity index (χ0v) is 11.1. The third-order valence-electron chi connectivity index (χ3n) is 2.45. The van der Waals surface area contributed by atoms with Crippen LogP contribution in [-0.4, -0.2) is 24.8 Å². The minimum Gasteiger partial charge on any atom is -0.376 e. The summed E-state index contributed by atoms with van der Waals surface area (Å²) in [5, 5.41) is 5.84. The molecule has 0 fully saturated rings. The Bertz CT molecular complexity index is 410. The quantitative estimate of drug-likeness (QED) is 0.758. The van der Waals surface area contributed by atoms with E-state index in [9.17, 15) is 9.59 Å². The van der Waals surface area contributed by atoms with Crippen LogP contribution in [-0.2, 0) is 4.79 Å². The van der Waals surface area contributed by atoms with E-state index in [0.717, 1.165) is 5.69 Å². The van der Waals surface area contributed by atoms with Crippen LogP contribution < -0.4 is 10.6 Å². The Morgan fingerprint density at radius 2 is 1.78 bits per heavy atom. The molecule has 0 aliphatic rings. The summed E-state index contributed by atoms with van der Waals surface area (Å²) >= 11 is 0. The van der Waals surface area contributed by atoms with Gasteiger partial charge in [-0.05, 0) is 37.1 Å². The first kappa shape index (κ1) is 14.2. The Balaban J connectivity index is 2.39. The van der Waals surface area contributed by atoms with Crippen LogP contribution in [0.1, 0.15) is 31.1 Å². The number of hydrogen-bond acceptors (Lipinski definition) is 3. The highest BCUT2D eigenvalue weighted by molar-refractivity contribution is 5.94. The molecule has 0 bridgehead atoms. The van der Waals surface area contributed by atoms with Crippen LogP contribution in [0, 0.1) is 5.92 Å².